The first-order valence-electron chi connectivity index (χ1n) is 6.55. The lowest BCUT2D eigenvalue weighted by atomic mass is 9.84. The van der Waals surface area contributed by atoms with Crippen molar-refractivity contribution >= 4 is 28.9 Å². The van der Waals surface area contributed by atoms with E-state index in [4.69, 9.17) is 38.4 Å². The quantitative estimate of drug-likeness (QED) is 0.797. The molecule has 0 saturated carbocycles. The molecule has 2 N–H and O–H groups in total. The predicted molar refractivity (Wildman–Crippen MR) is 85.5 cm³/mol. The molecule has 130 valence electrons. The van der Waals surface area contributed by atoms with E-state index in [0.717, 1.165) is 25.4 Å². The summed E-state index contributed by atoms with van der Waals surface area (Å²) in [7, 11) is 2.16. The number of nitrogens with two attached hydrogens (primary N) is 1. The molecule has 0 fully saturated rings. The molecule has 0 saturated heterocycles. The Morgan fingerprint density at radius 2 is 1.75 bits per heavy atom. The van der Waals surface area contributed by atoms with Crippen molar-refractivity contribution in [3.05, 3.63) is 51.6 Å². The van der Waals surface area contributed by atoms with Gasteiger partial charge >= 0.3 is 6.18 Å². The fourth-order valence-electron chi connectivity index (χ4n) is 2.46. The Labute approximate surface area is 146 Å². The van der Waals surface area contributed by atoms with Crippen molar-refractivity contribution in [2.24, 2.45) is 0 Å². The van der Waals surface area contributed by atoms with Crippen molar-refractivity contribution in [2.45, 2.75) is 11.8 Å². The number of alkyl halides is 3. The highest BCUT2D eigenvalue weighted by Crippen LogP contribution is 2.52. The summed E-state index contributed by atoms with van der Waals surface area (Å²) in [6.07, 6.45) is -3.75. The van der Waals surface area contributed by atoms with E-state index in [-0.39, 0.29) is 27.2 Å². The van der Waals surface area contributed by atoms with Gasteiger partial charge in [-0.2, -0.15) is 13.2 Å². The first-order chi connectivity index (χ1) is 11.2. The molecule has 0 aliphatic rings. The SMILES string of the molecule is COc1nccc(C(OC)(c2cc(Cl)ccc2N)C(F)(F)F)c1Cl. The number of rotatable bonds is 4. The van der Waals surface area contributed by atoms with Crippen LogP contribution in [-0.4, -0.2) is 25.4 Å². The Bertz CT molecular complexity index is 756. The average Bonchev–Trinajstić information content (AvgIpc) is 2.52. The van der Waals surface area contributed by atoms with E-state index in [1.54, 1.807) is 0 Å². The molecule has 2 rings (SSSR count). The molecule has 1 atom stereocenters. The highest BCUT2D eigenvalue weighted by Gasteiger charge is 2.60. The van der Waals surface area contributed by atoms with E-state index in [2.05, 4.69) is 4.98 Å². The van der Waals surface area contributed by atoms with Gasteiger partial charge in [0.15, 0.2) is 0 Å². The molecule has 1 unspecified atom stereocenters. The van der Waals surface area contributed by atoms with Crippen molar-refractivity contribution in [2.75, 3.05) is 20.0 Å². The van der Waals surface area contributed by atoms with Crippen molar-refractivity contribution in [1.82, 2.24) is 4.98 Å². The zero-order valence-corrected chi connectivity index (χ0v) is 14.1. The molecule has 0 aliphatic carbocycles. The summed E-state index contributed by atoms with van der Waals surface area (Å²) in [4.78, 5) is 3.79. The highest BCUT2D eigenvalue weighted by molar-refractivity contribution is 6.33. The molecular formula is C15H13Cl2F3N2O2. The second-order valence-electron chi connectivity index (χ2n) is 4.80. The van der Waals surface area contributed by atoms with Crippen LogP contribution in [0, 0.1) is 0 Å². The average molecular weight is 381 g/mol. The largest absolute Gasteiger partial charge is 0.480 e. The molecule has 1 aromatic carbocycles. The Hall–Kier alpha value is -1.70. The van der Waals surface area contributed by atoms with Crippen LogP contribution in [0.4, 0.5) is 18.9 Å². The van der Waals surface area contributed by atoms with Gasteiger partial charge in [-0.05, 0) is 24.3 Å². The number of halogens is 5. The Kier molecular flexibility index (Phi) is 5.17. The van der Waals surface area contributed by atoms with Gasteiger partial charge in [0, 0.05) is 35.1 Å². The predicted octanol–water partition coefficient (Wildman–Crippen LogP) is 4.43. The molecule has 9 heteroatoms. The lowest BCUT2D eigenvalue weighted by molar-refractivity contribution is -0.258. The van der Waals surface area contributed by atoms with Gasteiger partial charge < -0.3 is 15.2 Å². The van der Waals surface area contributed by atoms with Gasteiger partial charge in [-0.1, -0.05) is 23.2 Å². The van der Waals surface area contributed by atoms with E-state index in [0.29, 0.717) is 0 Å². The lowest BCUT2D eigenvalue weighted by Crippen LogP contribution is -2.46. The Balaban J connectivity index is 2.91. The van der Waals surface area contributed by atoms with Gasteiger partial charge in [0.1, 0.15) is 5.02 Å². The summed E-state index contributed by atoms with van der Waals surface area (Å²) in [6.45, 7) is 0. The Morgan fingerprint density at radius 1 is 1.08 bits per heavy atom. The molecule has 2 aromatic rings. The third kappa shape index (κ3) is 2.87. The normalized spacial score (nSPS) is 14.3. The third-order valence-electron chi connectivity index (χ3n) is 3.53. The number of aromatic nitrogens is 1. The summed E-state index contributed by atoms with van der Waals surface area (Å²) in [6, 6.07) is 4.84. The van der Waals surface area contributed by atoms with Gasteiger partial charge in [0.2, 0.25) is 11.5 Å². The summed E-state index contributed by atoms with van der Waals surface area (Å²) < 4.78 is 52.3. The van der Waals surface area contributed by atoms with Gasteiger partial charge in [0.05, 0.1) is 7.11 Å². The molecule has 0 radical (unpaired) electrons. The molecule has 0 bridgehead atoms. The molecule has 0 amide bonds. The van der Waals surface area contributed by atoms with Gasteiger partial charge in [-0.25, -0.2) is 4.98 Å². The zero-order valence-electron chi connectivity index (χ0n) is 12.6. The van der Waals surface area contributed by atoms with E-state index in [1.165, 1.54) is 19.2 Å². The van der Waals surface area contributed by atoms with Gasteiger partial charge in [-0.3, -0.25) is 0 Å². The topological polar surface area (TPSA) is 57.4 Å². The van der Waals surface area contributed by atoms with Crippen LogP contribution in [0.1, 0.15) is 11.1 Å². The van der Waals surface area contributed by atoms with Crippen molar-refractivity contribution < 1.29 is 22.6 Å². The fraction of sp³-hybridized carbons (Fsp3) is 0.267. The number of ether oxygens (including phenoxy) is 2. The smallest absolute Gasteiger partial charge is 0.426 e. The maximum absolute atomic E-state index is 14.1. The van der Waals surface area contributed by atoms with Crippen LogP contribution in [0.5, 0.6) is 5.88 Å². The molecule has 0 aliphatic heterocycles. The molecule has 4 nitrogen and oxygen atoms in total. The minimum atomic E-state index is -4.89. The molecule has 1 aromatic heterocycles. The summed E-state index contributed by atoms with van der Waals surface area (Å²) in [5, 5.41) is -0.263. The summed E-state index contributed by atoms with van der Waals surface area (Å²) in [5.74, 6) is -0.166. The number of methoxy groups -OCH3 is 2. The third-order valence-corrected chi connectivity index (χ3v) is 4.13. The minimum Gasteiger partial charge on any atom is -0.480 e. The first kappa shape index (κ1) is 18.6. The van der Waals surface area contributed by atoms with E-state index in [1.807, 2.05) is 0 Å². The van der Waals surface area contributed by atoms with E-state index in [9.17, 15) is 13.2 Å². The summed E-state index contributed by atoms with van der Waals surface area (Å²) >= 11 is 11.9. The van der Waals surface area contributed by atoms with Crippen molar-refractivity contribution in [3.63, 3.8) is 0 Å². The number of anilines is 1. The van der Waals surface area contributed by atoms with Crippen LogP contribution in [0.25, 0.3) is 0 Å². The maximum Gasteiger partial charge on any atom is 0.426 e. The second-order valence-corrected chi connectivity index (χ2v) is 5.61. The molecule has 0 spiro atoms. The summed E-state index contributed by atoms with van der Waals surface area (Å²) in [5.41, 5.74) is 1.92. The van der Waals surface area contributed by atoms with Crippen LogP contribution in [0.15, 0.2) is 30.5 Å². The van der Waals surface area contributed by atoms with Crippen molar-refractivity contribution in [1.29, 1.82) is 0 Å². The fourth-order valence-corrected chi connectivity index (χ4v) is 2.95. The molecule has 1 heterocycles. The number of nitrogens with zero attached hydrogens (tertiary/aromatic N) is 1. The minimum absolute atomic E-state index is 0.0713. The standard InChI is InChI=1S/C15H13Cl2F3N2O2/c1-23-13-12(17)9(5-6-22-13)14(24-2,15(18,19)20)10-7-8(16)3-4-11(10)21/h3-7H,21H2,1-2H3. The van der Waals surface area contributed by atoms with Crippen LogP contribution >= 0.6 is 23.2 Å². The zero-order chi connectivity index (χ0) is 18.1. The molecule has 24 heavy (non-hydrogen) atoms. The van der Waals surface area contributed by atoms with E-state index < -0.39 is 17.3 Å². The number of hydrogen-bond donors (Lipinski definition) is 1. The van der Waals surface area contributed by atoms with Crippen LogP contribution in [0.3, 0.4) is 0 Å². The van der Waals surface area contributed by atoms with E-state index >= 15 is 0 Å². The molecular weight excluding hydrogens is 368 g/mol. The van der Waals surface area contributed by atoms with Gasteiger partial charge in [-0.15, -0.1) is 0 Å². The van der Waals surface area contributed by atoms with Crippen LogP contribution in [0.2, 0.25) is 10.0 Å². The number of pyridine rings is 1. The highest BCUT2D eigenvalue weighted by atomic mass is 35.5. The lowest BCUT2D eigenvalue weighted by Gasteiger charge is -2.36. The monoisotopic (exact) mass is 380 g/mol. The number of nitrogen functional groups attached to an aromatic ring is 1. The van der Waals surface area contributed by atoms with Crippen LogP contribution in [-0.2, 0) is 10.3 Å². The van der Waals surface area contributed by atoms with Gasteiger partial charge in [0.25, 0.3) is 0 Å². The number of hydrogen-bond acceptors (Lipinski definition) is 4. The number of benzene rings is 1. The first-order valence-corrected chi connectivity index (χ1v) is 7.31. The van der Waals surface area contributed by atoms with Crippen LogP contribution < -0.4 is 10.5 Å². The van der Waals surface area contributed by atoms with Crippen molar-refractivity contribution in [3.8, 4) is 5.88 Å². The second kappa shape index (κ2) is 6.66. The maximum atomic E-state index is 14.1. The Morgan fingerprint density at radius 3 is 2.29 bits per heavy atom.